The summed E-state index contributed by atoms with van der Waals surface area (Å²) in [5.74, 6) is 0. The maximum absolute atomic E-state index is 9.87. The van der Waals surface area contributed by atoms with Crippen LogP contribution in [0.4, 0.5) is 0 Å². The molecule has 0 aromatic heterocycles. The van der Waals surface area contributed by atoms with Gasteiger partial charge in [0.25, 0.3) is 0 Å². The fourth-order valence-electron chi connectivity index (χ4n) is 1.40. The minimum absolute atomic E-state index is 0.513. The highest BCUT2D eigenvalue weighted by Crippen LogP contribution is 2.16. The standard InChI is InChI=1S/C7H14N2O/c10-6-8-9-7-4-2-1-3-5-7/h6-7,9H,1-5H2,(H,8,10). The van der Waals surface area contributed by atoms with E-state index in [1.54, 1.807) is 0 Å². The average molecular weight is 142 g/mol. The first kappa shape index (κ1) is 7.54. The van der Waals surface area contributed by atoms with Gasteiger partial charge in [-0.25, -0.2) is 5.43 Å². The molecule has 3 nitrogen and oxygen atoms in total. The normalized spacial score (nSPS) is 20.4. The molecule has 0 unspecified atom stereocenters. The highest BCUT2D eigenvalue weighted by Gasteiger charge is 2.11. The number of nitrogens with one attached hydrogen (secondary N) is 2. The summed E-state index contributed by atoms with van der Waals surface area (Å²) >= 11 is 0. The van der Waals surface area contributed by atoms with Gasteiger partial charge in [-0.15, -0.1) is 0 Å². The number of rotatable bonds is 3. The van der Waals surface area contributed by atoms with E-state index in [-0.39, 0.29) is 0 Å². The highest BCUT2D eigenvalue weighted by molar-refractivity contribution is 5.44. The van der Waals surface area contributed by atoms with E-state index in [9.17, 15) is 4.79 Å². The van der Waals surface area contributed by atoms with E-state index in [1.165, 1.54) is 32.1 Å². The van der Waals surface area contributed by atoms with Gasteiger partial charge in [-0.1, -0.05) is 19.3 Å². The fourth-order valence-corrected chi connectivity index (χ4v) is 1.40. The molecule has 0 atom stereocenters. The smallest absolute Gasteiger partial charge is 0.221 e. The van der Waals surface area contributed by atoms with Crippen LogP contribution in [0.15, 0.2) is 0 Å². The van der Waals surface area contributed by atoms with Crippen molar-refractivity contribution in [3.63, 3.8) is 0 Å². The Morgan fingerprint density at radius 1 is 1.20 bits per heavy atom. The third kappa shape index (κ3) is 2.35. The maximum atomic E-state index is 9.87. The number of hydrogen-bond acceptors (Lipinski definition) is 2. The predicted octanol–water partition coefficient (Wildman–Crippen LogP) is 0.570. The lowest BCUT2D eigenvalue weighted by Gasteiger charge is -2.21. The van der Waals surface area contributed by atoms with Crippen LogP contribution in [0.5, 0.6) is 0 Å². The van der Waals surface area contributed by atoms with Crippen molar-refractivity contribution in [2.45, 2.75) is 38.1 Å². The van der Waals surface area contributed by atoms with Crippen LogP contribution in [0.25, 0.3) is 0 Å². The molecule has 0 aliphatic heterocycles. The number of hydrazine groups is 1. The molecule has 0 aromatic rings. The molecule has 0 spiro atoms. The lowest BCUT2D eigenvalue weighted by Crippen LogP contribution is -2.40. The van der Waals surface area contributed by atoms with Gasteiger partial charge < -0.3 is 0 Å². The summed E-state index contributed by atoms with van der Waals surface area (Å²) < 4.78 is 0. The summed E-state index contributed by atoms with van der Waals surface area (Å²) in [6.45, 7) is 0. The second-order valence-electron chi connectivity index (χ2n) is 2.74. The number of carbonyl (C=O) groups excluding carboxylic acids is 1. The largest absolute Gasteiger partial charge is 0.294 e. The summed E-state index contributed by atoms with van der Waals surface area (Å²) in [5.41, 5.74) is 5.44. The molecule has 2 N–H and O–H groups in total. The second-order valence-corrected chi connectivity index (χ2v) is 2.74. The summed E-state index contributed by atoms with van der Waals surface area (Å²) in [6.07, 6.45) is 7.01. The maximum Gasteiger partial charge on any atom is 0.221 e. The Balaban J connectivity index is 2.07. The monoisotopic (exact) mass is 142 g/mol. The molecule has 0 aromatic carbocycles. The van der Waals surface area contributed by atoms with Gasteiger partial charge in [-0.2, -0.15) is 0 Å². The number of carbonyl (C=O) groups is 1. The zero-order chi connectivity index (χ0) is 7.23. The van der Waals surface area contributed by atoms with E-state index >= 15 is 0 Å². The molecule has 10 heavy (non-hydrogen) atoms. The Labute approximate surface area is 61.2 Å². The molecular formula is C7H14N2O. The molecule has 1 saturated carbocycles. The Bertz CT molecular complexity index is 99.8. The summed E-state index contributed by atoms with van der Waals surface area (Å²) in [4.78, 5) is 9.87. The first-order valence-corrected chi connectivity index (χ1v) is 3.88. The molecule has 0 radical (unpaired) electrons. The Morgan fingerprint density at radius 3 is 2.50 bits per heavy atom. The molecule has 0 bridgehead atoms. The Hall–Kier alpha value is -0.570. The van der Waals surface area contributed by atoms with Gasteiger partial charge in [0.1, 0.15) is 0 Å². The molecule has 0 saturated heterocycles. The topological polar surface area (TPSA) is 41.1 Å². The van der Waals surface area contributed by atoms with Crippen molar-refractivity contribution in [3.05, 3.63) is 0 Å². The van der Waals surface area contributed by atoms with E-state index in [2.05, 4.69) is 10.9 Å². The molecule has 0 heterocycles. The van der Waals surface area contributed by atoms with Crippen molar-refractivity contribution in [1.82, 2.24) is 10.9 Å². The lowest BCUT2D eigenvalue weighted by atomic mass is 9.96. The summed E-state index contributed by atoms with van der Waals surface area (Å²) in [5, 5.41) is 0. The van der Waals surface area contributed by atoms with Gasteiger partial charge in [-0.3, -0.25) is 10.2 Å². The minimum Gasteiger partial charge on any atom is -0.294 e. The van der Waals surface area contributed by atoms with E-state index in [1.807, 2.05) is 0 Å². The summed E-state index contributed by atoms with van der Waals surface area (Å²) in [6, 6.07) is 0.513. The Morgan fingerprint density at radius 2 is 1.90 bits per heavy atom. The van der Waals surface area contributed by atoms with Crippen LogP contribution >= 0.6 is 0 Å². The van der Waals surface area contributed by atoms with Crippen molar-refractivity contribution < 1.29 is 4.79 Å². The molecule has 1 amide bonds. The molecule has 3 heteroatoms. The first-order chi connectivity index (χ1) is 4.93. The SMILES string of the molecule is O=CNNC1CCCCC1. The van der Waals surface area contributed by atoms with Gasteiger partial charge in [0.2, 0.25) is 6.41 Å². The van der Waals surface area contributed by atoms with Crippen molar-refractivity contribution in [1.29, 1.82) is 0 Å². The predicted molar refractivity (Wildman–Crippen MR) is 39.2 cm³/mol. The van der Waals surface area contributed by atoms with Crippen LogP contribution in [-0.4, -0.2) is 12.5 Å². The summed E-state index contributed by atoms with van der Waals surface area (Å²) in [7, 11) is 0. The van der Waals surface area contributed by atoms with Crippen LogP contribution in [0.1, 0.15) is 32.1 Å². The number of hydrogen-bond donors (Lipinski definition) is 2. The van der Waals surface area contributed by atoms with Gasteiger partial charge in [0.05, 0.1) is 0 Å². The molecule has 1 aliphatic carbocycles. The quantitative estimate of drug-likeness (QED) is 0.447. The molecule has 58 valence electrons. The minimum atomic E-state index is 0.513. The number of amides is 1. The molecular weight excluding hydrogens is 128 g/mol. The van der Waals surface area contributed by atoms with Gasteiger partial charge >= 0.3 is 0 Å². The van der Waals surface area contributed by atoms with Crippen LogP contribution in [0.2, 0.25) is 0 Å². The Kier molecular flexibility index (Phi) is 3.22. The van der Waals surface area contributed by atoms with Gasteiger partial charge in [0.15, 0.2) is 0 Å². The van der Waals surface area contributed by atoms with E-state index < -0.39 is 0 Å². The van der Waals surface area contributed by atoms with Crippen LogP contribution in [0, 0.1) is 0 Å². The molecule has 1 aliphatic rings. The van der Waals surface area contributed by atoms with Gasteiger partial charge in [-0.05, 0) is 12.8 Å². The van der Waals surface area contributed by atoms with Crippen LogP contribution in [-0.2, 0) is 4.79 Å². The third-order valence-corrected chi connectivity index (χ3v) is 1.95. The van der Waals surface area contributed by atoms with Gasteiger partial charge in [0, 0.05) is 6.04 Å². The third-order valence-electron chi connectivity index (χ3n) is 1.95. The van der Waals surface area contributed by atoms with Crippen LogP contribution < -0.4 is 10.9 Å². The molecule has 1 rings (SSSR count). The first-order valence-electron chi connectivity index (χ1n) is 3.88. The average Bonchev–Trinajstić information content (AvgIpc) is 2.03. The van der Waals surface area contributed by atoms with Crippen molar-refractivity contribution in [2.75, 3.05) is 0 Å². The fraction of sp³-hybridized carbons (Fsp3) is 0.857. The van der Waals surface area contributed by atoms with Crippen LogP contribution in [0.3, 0.4) is 0 Å². The van der Waals surface area contributed by atoms with E-state index in [0.29, 0.717) is 12.5 Å². The van der Waals surface area contributed by atoms with Crippen molar-refractivity contribution in [2.24, 2.45) is 0 Å². The zero-order valence-corrected chi connectivity index (χ0v) is 6.10. The van der Waals surface area contributed by atoms with E-state index in [4.69, 9.17) is 0 Å². The van der Waals surface area contributed by atoms with Crippen molar-refractivity contribution >= 4 is 6.41 Å². The highest BCUT2D eigenvalue weighted by atomic mass is 16.1. The zero-order valence-electron chi connectivity index (χ0n) is 6.10. The van der Waals surface area contributed by atoms with E-state index in [0.717, 1.165) is 0 Å². The lowest BCUT2D eigenvalue weighted by molar-refractivity contribution is -0.110. The molecule has 1 fully saturated rings. The second kappa shape index (κ2) is 4.28. The van der Waals surface area contributed by atoms with Crippen molar-refractivity contribution in [3.8, 4) is 0 Å².